The van der Waals surface area contributed by atoms with Gasteiger partial charge in [-0.2, -0.15) is 0 Å². The van der Waals surface area contributed by atoms with Crippen LogP contribution < -0.4 is 0 Å². The third-order valence-corrected chi connectivity index (χ3v) is 3.19. The number of fused-ring (bicyclic) bond motifs is 1. The van der Waals surface area contributed by atoms with Crippen LogP contribution in [0.15, 0.2) is 16.7 Å². The highest BCUT2D eigenvalue weighted by molar-refractivity contribution is 9.10. The van der Waals surface area contributed by atoms with Crippen LogP contribution in [0.3, 0.4) is 0 Å². The highest BCUT2D eigenvalue weighted by atomic mass is 79.9. The monoisotopic (exact) mass is 291 g/mol. The van der Waals surface area contributed by atoms with Gasteiger partial charge in [0.1, 0.15) is 5.52 Å². The topological polar surface area (TPSA) is 12.9 Å². The molecular weight excluding hydrogens is 287 g/mol. The molecule has 0 fully saturated rings. The smallest absolute Gasteiger partial charge is 0.186 e. The van der Waals surface area contributed by atoms with E-state index in [0.717, 1.165) is 5.56 Å². The third kappa shape index (κ3) is 1.62. The minimum absolute atomic E-state index is 0.0433. The van der Waals surface area contributed by atoms with Crippen LogP contribution >= 0.6 is 27.5 Å². The second-order valence-corrected chi connectivity index (χ2v) is 4.37. The number of aryl methyl sites for hydroxylation is 1. The summed E-state index contributed by atoms with van der Waals surface area (Å²) >= 11 is 8.90. The van der Waals surface area contributed by atoms with Crippen molar-refractivity contribution in [2.24, 2.45) is 0 Å². The molecule has 0 aliphatic heterocycles. The summed E-state index contributed by atoms with van der Waals surface area (Å²) in [5, 5.41) is 0.794. The lowest BCUT2D eigenvalue weighted by atomic mass is 10.1. The van der Waals surface area contributed by atoms with Crippen molar-refractivity contribution < 1.29 is 8.78 Å². The molecule has 2 aromatic rings. The Bertz CT molecular complexity index is 557. The van der Waals surface area contributed by atoms with Gasteiger partial charge in [0.2, 0.25) is 0 Å². The Balaban J connectivity index is 2.98. The number of nitrogens with zero attached hydrogens (tertiary/aromatic N) is 1. The predicted octanol–water partition coefficient (Wildman–Crippen LogP) is 4.24. The van der Waals surface area contributed by atoms with Crippen molar-refractivity contribution in [3.05, 3.63) is 39.0 Å². The Morgan fingerprint density at radius 3 is 2.67 bits per heavy atom. The lowest BCUT2D eigenvalue weighted by molar-refractivity contribution is 0.511. The van der Waals surface area contributed by atoms with Crippen LogP contribution in [0.25, 0.3) is 10.9 Å². The second kappa shape index (κ2) is 3.68. The van der Waals surface area contributed by atoms with E-state index < -0.39 is 11.6 Å². The van der Waals surface area contributed by atoms with Gasteiger partial charge in [-0.15, -0.1) is 0 Å². The van der Waals surface area contributed by atoms with E-state index in [0.29, 0.717) is 10.4 Å². The van der Waals surface area contributed by atoms with Crippen LogP contribution in [0.1, 0.15) is 5.56 Å². The Labute approximate surface area is 98.2 Å². The standard InChI is InChI=1S/C10H5BrClF2N/c1-4-3-15-10-5(7(4)12)2-6(11)8(13)9(10)14/h2-3H,1H3. The van der Waals surface area contributed by atoms with Gasteiger partial charge in [-0.25, -0.2) is 8.78 Å². The highest BCUT2D eigenvalue weighted by Gasteiger charge is 2.15. The van der Waals surface area contributed by atoms with Gasteiger partial charge < -0.3 is 0 Å². The van der Waals surface area contributed by atoms with Gasteiger partial charge in [-0.3, -0.25) is 4.98 Å². The van der Waals surface area contributed by atoms with E-state index >= 15 is 0 Å². The van der Waals surface area contributed by atoms with Gasteiger partial charge in [0.05, 0.1) is 9.50 Å². The van der Waals surface area contributed by atoms with E-state index in [1.54, 1.807) is 6.92 Å². The second-order valence-electron chi connectivity index (χ2n) is 3.14. The molecule has 0 aliphatic rings. The first kappa shape index (κ1) is 10.8. The summed E-state index contributed by atoms with van der Waals surface area (Å²) < 4.78 is 26.7. The molecule has 0 amide bonds. The van der Waals surface area contributed by atoms with Crippen molar-refractivity contribution in [2.45, 2.75) is 6.92 Å². The Hall–Kier alpha value is -0.740. The van der Waals surface area contributed by atoms with Crippen molar-refractivity contribution in [3.63, 3.8) is 0 Å². The molecular formula is C10H5BrClF2N. The van der Waals surface area contributed by atoms with Gasteiger partial charge in [0.15, 0.2) is 11.6 Å². The van der Waals surface area contributed by atoms with Crippen LogP contribution in [-0.2, 0) is 0 Å². The molecule has 0 bridgehead atoms. The van der Waals surface area contributed by atoms with Crippen molar-refractivity contribution >= 4 is 38.4 Å². The average molecular weight is 293 g/mol. The lowest BCUT2D eigenvalue weighted by Gasteiger charge is -2.05. The zero-order valence-electron chi connectivity index (χ0n) is 7.61. The molecule has 0 saturated carbocycles. The largest absolute Gasteiger partial charge is 0.253 e. The molecule has 0 radical (unpaired) electrons. The molecule has 2 rings (SSSR count). The summed E-state index contributed by atoms with van der Waals surface area (Å²) in [4.78, 5) is 3.82. The molecule has 0 atom stereocenters. The van der Waals surface area contributed by atoms with Crippen LogP contribution in [0.2, 0.25) is 5.02 Å². The maximum absolute atomic E-state index is 13.4. The molecule has 15 heavy (non-hydrogen) atoms. The maximum atomic E-state index is 13.4. The lowest BCUT2D eigenvalue weighted by Crippen LogP contribution is -1.93. The number of hydrogen-bond acceptors (Lipinski definition) is 1. The Kier molecular flexibility index (Phi) is 2.64. The number of aromatic nitrogens is 1. The minimum atomic E-state index is -0.985. The minimum Gasteiger partial charge on any atom is -0.253 e. The summed E-state index contributed by atoms with van der Waals surface area (Å²) in [5.41, 5.74) is 0.674. The first-order valence-electron chi connectivity index (χ1n) is 4.10. The van der Waals surface area contributed by atoms with Crippen LogP contribution in [-0.4, -0.2) is 4.98 Å². The maximum Gasteiger partial charge on any atom is 0.186 e. The summed E-state index contributed by atoms with van der Waals surface area (Å²) in [5.74, 6) is -1.93. The fourth-order valence-corrected chi connectivity index (χ4v) is 1.91. The zero-order valence-corrected chi connectivity index (χ0v) is 9.96. The zero-order chi connectivity index (χ0) is 11.2. The molecule has 1 aromatic heterocycles. The Morgan fingerprint density at radius 2 is 2.00 bits per heavy atom. The van der Waals surface area contributed by atoms with E-state index in [9.17, 15) is 8.78 Å². The first-order chi connectivity index (χ1) is 7.02. The van der Waals surface area contributed by atoms with Crippen molar-refractivity contribution in [2.75, 3.05) is 0 Å². The quantitative estimate of drug-likeness (QED) is 0.662. The van der Waals surface area contributed by atoms with Gasteiger partial charge in [0, 0.05) is 11.6 Å². The van der Waals surface area contributed by atoms with E-state index in [4.69, 9.17) is 11.6 Å². The van der Waals surface area contributed by atoms with Crippen LogP contribution in [0.5, 0.6) is 0 Å². The molecule has 78 valence electrons. The summed E-state index contributed by atoms with van der Waals surface area (Å²) in [7, 11) is 0. The summed E-state index contributed by atoms with van der Waals surface area (Å²) in [6, 6.07) is 1.43. The molecule has 0 N–H and O–H groups in total. The number of hydrogen-bond donors (Lipinski definition) is 0. The summed E-state index contributed by atoms with van der Waals surface area (Å²) in [6.07, 6.45) is 1.42. The first-order valence-corrected chi connectivity index (χ1v) is 5.27. The molecule has 1 heterocycles. The molecule has 1 aromatic carbocycles. The molecule has 0 spiro atoms. The average Bonchev–Trinajstić information content (AvgIpc) is 2.21. The van der Waals surface area contributed by atoms with E-state index in [2.05, 4.69) is 20.9 Å². The SMILES string of the molecule is Cc1cnc2c(F)c(F)c(Br)cc2c1Cl. The fraction of sp³-hybridized carbons (Fsp3) is 0.100. The van der Waals surface area contributed by atoms with Gasteiger partial charge >= 0.3 is 0 Å². The molecule has 0 saturated heterocycles. The van der Waals surface area contributed by atoms with Crippen molar-refractivity contribution in [1.82, 2.24) is 4.98 Å². The van der Waals surface area contributed by atoms with Crippen LogP contribution in [0.4, 0.5) is 8.78 Å². The molecule has 0 aliphatic carbocycles. The number of rotatable bonds is 0. The van der Waals surface area contributed by atoms with E-state index in [-0.39, 0.29) is 9.99 Å². The number of benzene rings is 1. The van der Waals surface area contributed by atoms with E-state index in [1.165, 1.54) is 12.3 Å². The van der Waals surface area contributed by atoms with Gasteiger partial charge in [-0.05, 0) is 34.5 Å². The van der Waals surface area contributed by atoms with E-state index in [1.807, 2.05) is 0 Å². The third-order valence-electron chi connectivity index (χ3n) is 2.11. The fourth-order valence-electron chi connectivity index (χ4n) is 1.31. The Morgan fingerprint density at radius 1 is 1.33 bits per heavy atom. The molecule has 1 nitrogen and oxygen atoms in total. The van der Waals surface area contributed by atoms with Gasteiger partial charge in [0.25, 0.3) is 0 Å². The molecule has 5 heteroatoms. The van der Waals surface area contributed by atoms with Crippen molar-refractivity contribution in [3.8, 4) is 0 Å². The number of halogens is 4. The normalized spacial score (nSPS) is 11.0. The predicted molar refractivity (Wildman–Crippen MR) is 59.1 cm³/mol. The highest BCUT2D eigenvalue weighted by Crippen LogP contribution is 2.31. The molecule has 0 unspecified atom stereocenters. The number of pyridine rings is 1. The van der Waals surface area contributed by atoms with Crippen LogP contribution in [0, 0.1) is 18.6 Å². The van der Waals surface area contributed by atoms with Crippen molar-refractivity contribution in [1.29, 1.82) is 0 Å². The van der Waals surface area contributed by atoms with Gasteiger partial charge in [-0.1, -0.05) is 11.6 Å². The summed E-state index contributed by atoms with van der Waals surface area (Å²) in [6.45, 7) is 1.75.